The van der Waals surface area contributed by atoms with E-state index < -0.39 is 30.3 Å². The molecule has 4 aromatic heterocycles. The topological polar surface area (TPSA) is 256 Å². The van der Waals surface area contributed by atoms with Crippen molar-refractivity contribution in [3.8, 4) is 0 Å². The van der Waals surface area contributed by atoms with Crippen LogP contribution >= 0.6 is 45.3 Å². The third kappa shape index (κ3) is 27.5. The number of ketones is 2. The van der Waals surface area contributed by atoms with Crippen molar-refractivity contribution in [2.24, 2.45) is 11.8 Å². The van der Waals surface area contributed by atoms with Crippen molar-refractivity contribution >= 4 is 81.2 Å². The molecule has 0 bridgehead atoms. The molecule has 0 aliphatic rings. The van der Waals surface area contributed by atoms with E-state index in [9.17, 15) is 33.9 Å². The van der Waals surface area contributed by atoms with E-state index in [0.717, 1.165) is 47.6 Å². The highest BCUT2D eigenvalue weighted by Crippen LogP contribution is 2.26. The van der Waals surface area contributed by atoms with Gasteiger partial charge in [0.25, 0.3) is 0 Å². The molecule has 6 amide bonds. The predicted octanol–water partition coefficient (Wildman–Crippen LogP) is 12.6. The molecule has 0 saturated carbocycles. The number of ether oxygens (including phenoxy) is 3. The van der Waals surface area contributed by atoms with Gasteiger partial charge in [-0.2, -0.15) is 0 Å². The normalized spacial score (nSPS) is 13.0. The third-order valence-electron chi connectivity index (χ3n) is 15.7. The molecule has 6 atom stereocenters. The first kappa shape index (κ1) is 74.1. The van der Waals surface area contributed by atoms with E-state index in [2.05, 4.69) is 67.2 Å². The van der Waals surface area contributed by atoms with Crippen LogP contribution in [0.4, 0.5) is 19.2 Å². The maximum Gasteiger partial charge on any atom is 0.407 e. The van der Waals surface area contributed by atoms with Crippen LogP contribution in [0.25, 0.3) is 0 Å². The van der Waals surface area contributed by atoms with Gasteiger partial charge in [0.05, 0.1) is 62.7 Å². The van der Waals surface area contributed by atoms with Gasteiger partial charge in [-0.15, -0.1) is 45.3 Å². The van der Waals surface area contributed by atoms with Gasteiger partial charge in [0, 0.05) is 87.5 Å². The monoisotopic (exact) mass is 1370 g/mol. The Labute approximate surface area is 573 Å². The SMILES string of the molecule is CC(C)c1nc(CN(C)C(=O)NC(CCO)C(=O)CC(CCC(Cc2ccccc2)NC(=O)OCc2cncs2)Cc2ccccc2)cs1.COCC(NC(=O)N(C)Cc1cncs1)C(=O)CC(CCC(Cc1ccccc1)NC(=O)OCc1cncs1)Cc1ccccc1. The first-order valence-corrected chi connectivity index (χ1v) is 35.4. The molecule has 0 saturated heterocycles. The summed E-state index contributed by atoms with van der Waals surface area (Å²) in [4.78, 5) is 102. The van der Waals surface area contributed by atoms with Gasteiger partial charge < -0.3 is 50.4 Å². The zero-order chi connectivity index (χ0) is 67.6. The van der Waals surface area contributed by atoms with Crippen LogP contribution < -0.4 is 21.3 Å². The van der Waals surface area contributed by atoms with Crippen LogP contribution in [0.3, 0.4) is 0 Å². The second kappa shape index (κ2) is 40.9. The van der Waals surface area contributed by atoms with Crippen LogP contribution in [0.1, 0.15) is 112 Å². The fourth-order valence-electron chi connectivity index (χ4n) is 10.7. The van der Waals surface area contributed by atoms with Gasteiger partial charge in [-0.3, -0.25) is 24.5 Å². The van der Waals surface area contributed by atoms with Gasteiger partial charge in [0.15, 0.2) is 11.6 Å². The number of hydrogen-bond donors (Lipinski definition) is 5. The molecule has 20 nitrogen and oxygen atoms in total. The molecule has 4 heterocycles. The number of thiazole rings is 4. The second-order valence-electron chi connectivity index (χ2n) is 23.7. The van der Waals surface area contributed by atoms with Crippen molar-refractivity contribution in [1.29, 1.82) is 0 Å². The highest BCUT2D eigenvalue weighted by Gasteiger charge is 2.29. The van der Waals surface area contributed by atoms with E-state index >= 15 is 0 Å². The Kier molecular flexibility index (Phi) is 31.9. The molecule has 5 N–H and O–H groups in total. The summed E-state index contributed by atoms with van der Waals surface area (Å²) in [6.07, 6.45) is 9.80. The summed E-state index contributed by atoms with van der Waals surface area (Å²) < 4.78 is 16.3. The van der Waals surface area contributed by atoms with Crippen LogP contribution in [0.2, 0.25) is 0 Å². The summed E-state index contributed by atoms with van der Waals surface area (Å²) in [6, 6.07) is 37.2. The molecule has 0 aliphatic heterocycles. The molecular weight excluding hydrogens is 1280 g/mol. The number of aliphatic hydroxyl groups is 1. The van der Waals surface area contributed by atoms with Gasteiger partial charge in [-0.25, -0.2) is 24.2 Å². The number of urea groups is 2. The van der Waals surface area contributed by atoms with Crippen LogP contribution in [-0.4, -0.2) is 129 Å². The fraction of sp³-hybridized carbons (Fsp3) is 0.408. The lowest BCUT2D eigenvalue weighted by Gasteiger charge is -2.25. The summed E-state index contributed by atoms with van der Waals surface area (Å²) in [5.74, 6) is -0.0265. The molecule has 0 aliphatic carbocycles. The van der Waals surface area contributed by atoms with Crippen molar-refractivity contribution in [2.45, 2.75) is 141 Å². The van der Waals surface area contributed by atoms with Crippen LogP contribution in [-0.2, 0) is 75.8 Å². The van der Waals surface area contributed by atoms with E-state index in [4.69, 9.17) is 14.2 Å². The minimum Gasteiger partial charge on any atom is -0.444 e. The van der Waals surface area contributed by atoms with Gasteiger partial charge >= 0.3 is 24.2 Å². The molecule has 0 spiro atoms. The summed E-state index contributed by atoms with van der Waals surface area (Å²) >= 11 is 5.89. The molecule has 8 rings (SSSR count). The average Bonchev–Trinajstić information content (AvgIpc) is 2.39. The number of Topliss-reactive ketones (excluding diaryl/α,β-unsaturated/α-hetero) is 2. The Bertz CT molecular complexity index is 3480. The largest absolute Gasteiger partial charge is 0.444 e. The Balaban J connectivity index is 0.000000269. The number of methoxy groups -OCH3 is 1. The zero-order valence-corrected chi connectivity index (χ0v) is 57.9. The van der Waals surface area contributed by atoms with Crippen molar-refractivity contribution in [2.75, 3.05) is 34.4 Å². The smallest absolute Gasteiger partial charge is 0.407 e. The maximum absolute atomic E-state index is 13.8. The quantitative estimate of drug-likeness (QED) is 0.0243. The Morgan fingerprint density at radius 2 is 0.916 bits per heavy atom. The van der Waals surface area contributed by atoms with Crippen LogP contribution in [0.15, 0.2) is 162 Å². The molecule has 4 aromatic carbocycles. The molecule has 0 fully saturated rings. The van der Waals surface area contributed by atoms with Gasteiger partial charge in [-0.1, -0.05) is 135 Å². The fourth-order valence-corrected chi connectivity index (χ4v) is 13.2. The number of alkyl carbamates (subject to hydrolysis) is 2. The highest BCUT2D eigenvalue weighted by molar-refractivity contribution is 7.10. The predicted molar refractivity (Wildman–Crippen MR) is 373 cm³/mol. The van der Waals surface area contributed by atoms with Gasteiger partial charge in [0.1, 0.15) is 19.3 Å². The highest BCUT2D eigenvalue weighted by atomic mass is 32.1. The van der Waals surface area contributed by atoms with Crippen molar-refractivity contribution in [3.05, 3.63) is 209 Å². The first-order valence-electron chi connectivity index (χ1n) is 31.9. The number of carbonyl (C=O) groups is 6. The van der Waals surface area contributed by atoms with Crippen LogP contribution in [0, 0.1) is 11.8 Å². The Morgan fingerprint density at radius 3 is 1.32 bits per heavy atom. The number of rotatable bonds is 37. The number of aliphatic hydroxyl groups excluding tert-OH is 1. The minimum atomic E-state index is -0.833. The maximum atomic E-state index is 13.8. The van der Waals surface area contributed by atoms with E-state index in [0.29, 0.717) is 70.4 Å². The second-order valence-corrected chi connectivity index (χ2v) is 27.5. The number of nitrogens with zero attached hydrogens (tertiary/aromatic N) is 6. The molecule has 0 radical (unpaired) electrons. The molecule has 8 aromatic rings. The summed E-state index contributed by atoms with van der Waals surface area (Å²) in [6.45, 7) is 5.00. The molecule has 95 heavy (non-hydrogen) atoms. The number of benzene rings is 4. The van der Waals surface area contributed by atoms with Crippen molar-refractivity contribution in [3.63, 3.8) is 0 Å². The number of aromatic nitrogens is 4. The summed E-state index contributed by atoms with van der Waals surface area (Å²) in [7, 11) is 4.87. The van der Waals surface area contributed by atoms with E-state index in [-0.39, 0.29) is 87.2 Å². The zero-order valence-electron chi connectivity index (χ0n) is 54.6. The molecular formula is C71H88N10O10S4. The summed E-state index contributed by atoms with van der Waals surface area (Å²) in [5, 5.41) is 24.6. The summed E-state index contributed by atoms with van der Waals surface area (Å²) in [5.41, 5.74) is 10.3. The first-order chi connectivity index (χ1) is 46.1. The van der Waals surface area contributed by atoms with Gasteiger partial charge in [-0.05, 0) is 91.9 Å². The number of nitrogens with one attached hydrogen (secondary N) is 4. The van der Waals surface area contributed by atoms with Crippen LogP contribution in [0.5, 0.6) is 0 Å². The Hall–Kier alpha value is -8.26. The molecule has 6 unspecified atom stereocenters. The lowest BCUT2D eigenvalue weighted by molar-refractivity contribution is -0.123. The lowest BCUT2D eigenvalue weighted by atomic mass is 9.86. The standard InChI is InChI=1S/C37H47N5O5S2.C34H41N5O5S2/c1-26(2)35-39-31(24-48-35)22-42(3)36(45)41-33(16-17-43)34(44)20-29(18-27-10-6-4-7-11-27)14-15-30(19-28-12-8-5-9-13-28)40-37(46)47-23-32-21-38-25-49-32;1-39(20-29-18-35-23-45-29)33(41)38-31(22-43-2)32(40)17-27(15-25-9-5-3-6-10-25)13-14-28(16-26-11-7-4-8-12-26)37-34(42)44-21-30-19-36-24-46-30/h4-13,21,24-26,29-30,33,43H,14-20,22-23H2,1-3H3,(H,40,46)(H,41,45);3-12,18-19,23-24,27-28,31H,13-17,20-22H2,1-2H3,(H,37,42)(H,38,41). The van der Waals surface area contributed by atoms with E-state index in [1.807, 2.05) is 115 Å². The number of hydrogen-bond acceptors (Lipinski definition) is 18. The molecule has 24 heteroatoms. The number of amides is 6. The lowest BCUT2D eigenvalue weighted by Crippen LogP contribution is -2.49. The Morgan fingerprint density at radius 1 is 0.505 bits per heavy atom. The third-order valence-corrected chi connectivity index (χ3v) is 19.1. The molecule has 506 valence electrons. The minimum absolute atomic E-state index is 0.0330. The van der Waals surface area contributed by atoms with Crippen molar-refractivity contribution < 1.29 is 48.1 Å². The van der Waals surface area contributed by atoms with E-state index in [1.54, 1.807) is 60.6 Å². The van der Waals surface area contributed by atoms with Crippen molar-refractivity contribution in [1.82, 2.24) is 51.0 Å². The van der Waals surface area contributed by atoms with Gasteiger partial charge in [0.2, 0.25) is 0 Å². The average molecular weight is 1370 g/mol. The number of carbonyl (C=O) groups excluding carboxylic acids is 6. The van der Waals surface area contributed by atoms with E-state index in [1.165, 1.54) is 50.9 Å².